The summed E-state index contributed by atoms with van der Waals surface area (Å²) in [6, 6.07) is 1.37. The van der Waals surface area contributed by atoms with Crippen LogP contribution >= 0.6 is 11.8 Å². The summed E-state index contributed by atoms with van der Waals surface area (Å²) < 4.78 is 0. The van der Waals surface area contributed by atoms with Crippen molar-refractivity contribution in [1.29, 1.82) is 0 Å². The summed E-state index contributed by atoms with van der Waals surface area (Å²) >= 11 is 1.89. The smallest absolute Gasteiger partial charge is 0.156 e. The minimum absolute atomic E-state index is 0.322. The fourth-order valence-corrected chi connectivity index (χ4v) is 4.07. The zero-order chi connectivity index (χ0) is 14.6. The van der Waals surface area contributed by atoms with Gasteiger partial charge in [-0.1, -0.05) is 45.4 Å². The quantitative estimate of drug-likeness (QED) is 0.862. The Hall–Kier alpha value is -0.220. The van der Waals surface area contributed by atoms with Crippen molar-refractivity contribution < 1.29 is 0 Å². The van der Waals surface area contributed by atoms with Crippen LogP contribution in [-0.2, 0) is 0 Å². The molecular weight excluding hydrogens is 266 g/mol. The Bertz CT molecular complexity index is 329. The average Bonchev–Trinajstić information content (AvgIpc) is 2.92. The Morgan fingerprint density at radius 3 is 2.60 bits per heavy atom. The molecule has 20 heavy (non-hydrogen) atoms. The lowest BCUT2D eigenvalue weighted by molar-refractivity contribution is 0.252. The van der Waals surface area contributed by atoms with Crippen LogP contribution in [0.1, 0.15) is 52.9 Å². The lowest BCUT2D eigenvalue weighted by atomic mass is 9.85. The summed E-state index contributed by atoms with van der Waals surface area (Å²) in [4.78, 5) is 7.29. The molecule has 1 heterocycles. The fraction of sp³-hybridized carbons (Fsp3) is 0.938. The predicted octanol–water partition coefficient (Wildman–Crippen LogP) is 3.36. The molecule has 1 N–H and O–H groups in total. The second kappa shape index (κ2) is 7.17. The largest absolute Gasteiger partial charge is 0.362 e. The van der Waals surface area contributed by atoms with Crippen LogP contribution < -0.4 is 5.32 Å². The van der Waals surface area contributed by atoms with E-state index < -0.39 is 0 Å². The maximum atomic E-state index is 4.79. The molecule has 116 valence electrons. The number of nitrogens with zero attached hydrogens (tertiary/aromatic N) is 2. The first-order valence-corrected chi connectivity index (χ1v) is 9.09. The molecule has 2 aliphatic rings. The highest BCUT2D eigenvalue weighted by Gasteiger charge is 2.28. The van der Waals surface area contributed by atoms with Crippen molar-refractivity contribution in [3.63, 3.8) is 0 Å². The van der Waals surface area contributed by atoms with Crippen LogP contribution in [0, 0.1) is 5.41 Å². The number of thioether (sulfide) groups is 1. The number of aliphatic imine (C=N–C) groups is 1. The van der Waals surface area contributed by atoms with Crippen molar-refractivity contribution >= 4 is 16.9 Å². The molecule has 4 heteroatoms. The Morgan fingerprint density at radius 1 is 1.25 bits per heavy atom. The van der Waals surface area contributed by atoms with E-state index in [-0.39, 0.29) is 0 Å². The molecule has 0 radical (unpaired) electrons. The highest BCUT2D eigenvalue weighted by Crippen LogP contribution is 2.27. The van der Waals surface area contributed by atoms with Gasteiger partial charge < -0.3 is 10.2 Å². The first-order valence-electron chi connectivity index (χ1n) is 8.11. The lowest BCUT2D eigenvalue weighted by Gasteiger charge is -2.35. The maximum absolute atomic E-state index is 4.79. The van der Waals surface area contributed by atoms with Crippen LogP contribution in [0.25, 0.3) is 0 Å². The molecule has 1 atom stereocenters. The number of rotatable bonds is 4. The van der Waals surface area contributed by atoms with Crippen molar-refractivity contribution in [3.05, 3.63) is 0 Å². The third kappa shape index (κ3) is 4.66. The second-order valence-corrected chi connectivity index (χ2v) is 8.39. The van der Waals surface area contributed by atoms with Crippen molar-refractivity contribution in [2.75, 3.05) is 25.9 Å². The molecule has 2 fully saturated rings. The van der Waals surface area contributed by atoms with Crippen molar-refractivity contribution in [2.24, 2.45) is 10.4 Å². The van der Waals surface area contributed by atoms with Gasteiger partial charge in [0.15, 0.2) is 5.17 Å². The predicted molar refractivity (Wildman–Crippen MR) is 90.6 cm³/mol. The van der Waals surface area contributed by atoms with E-state index in [0.29, 0.717) is 11.5 Å². The number of hydrogen-bond acceptors (Lipinski definition) is 3. The Morgan fingerprint density at radius 2 is 1.95 bits per heavy atom. The molecule has 3 nitrogen and oxygen atoms in total. The standard InChI is InChI=1S/C16H31N3S/c1-16(2,3)14-9-12-20-15(18-14)17-10-11-19(4)13-7-5-6-8-13/h13-14H,5-12H2,1-4H3,(H,17,18). The topological polar surface area (TPSA) is 27.6 Å². The maximum Gasteiger partial charge on any atom is 0.156 e. The summed E-state index contributed by atoms with van der Waals surface area (Å²) in [5.74, 6) is 1.20. The van der Waals surface area contributed by atoms with Crippen LogP contribution in [0.15, 0.2) is 4.99 Å². The molecular formula is C16H31N3S. The highest BCUT2D eigenvalue weighted by atomic mass is 32.2. The molecule has 0 bridgehead atoms. The third-order valence-corrected chi connectivity index (χ3v) is 5.60. The summed E-state index contributed by atoms with van der Waals surface area (Å²) in [5, 5.41) is 4.79. The molecule has 1 saturated carbocycles. The van der Waals surface area contributed by atoms with Gasteiger partial charge in [-0.05, 0) is 31.7 Å². The van der Waals surface area contributed by atoms with Gasteiger partial charge in [-0.25, -0.2) is 0 Å². The van der Waals surface area contributed by atoms with Gasteiger partial charge in [-0.3, -0.25) is 4.99 Å². The molecule has 0 aromatic carbocycles. The zero-order valence-corrected chi connectivity index (χ0v) is 14.4. The van der Waals surface area contributed by atoms with Gasteiger partial charge in [0, 0.05) is 24.4 Å². The molecule has 0 spiro atoms. The minimum atomic E-state index is 0.322. The normalized spacial score (nSPS) is 27.2. The van der Waals surface area contributed by atoms with E-state index >= 15 is 0 Å². The number of hydrogen-bond donors (Lipinski definition) is 1. The Balaban J connectivity index is 1.76. The molecule has 0 amide bonds. The third-order valence-electron chi connectivity index (χ3n) is 4.64. The van der Waals surface area contributed by atoms with E-state index in [0.717, 1.165) is 24.3 Å². The van der Waals surface area contributed by atoms with Crippen LogP contribution in [-0.4, -0.2) is 48.0 Å². The van der Waals surface area contributed by atoms with Gasteiger partial charge in [-0.2, -0.15) is 0 Å². The van der Waals surface area contributed by atoms with Crippen LogP contribution in [0.2, 0.25) is 0 Å². The van der Waals surface area contributed by atoms with Crippen molar-refractivity contribution in [1.82, 2.24) is 10.2 Å². The molecule has 1 saturated heterocycles. The zero-order valence-electron chi connectivity index (χ0n) is 13.6. The summed E-state index contributed by atoms with van der Waals surface area (Å²) in [6.07, 6.45) is 6.83. The highest BCUT2D eigenvalue weighted by molar-refractivity contribution is 8.13. The fourth-order valence-electron chi connectivity index (χ4n) is 3.11. The van der Waals surface area contributed by atoms with Crippen LogP contribution in [0.3, 0.4) is 0 Å². The summed E-state index contributed by atoms with van der Waals surface area (Å²) in [5.41, 5.74) is 0.322. The van der Waals surface area contributed by atoms with Gasteiger partial charge in [0.05, 0.1) is 6.54 Å². The van der Waals surface area contributed by atoms with E-state index in [9.17, 15) is 0 Å². The van der Waals surface area contributed by atoms with Gasteiger partial charge in [-0.15, -0.1) is 0 Å². The first kappa shape index (κ1) is 16.2. The van der Waals surface area contributed by atoms with E-state index in [2.05, 4.69) is 38.0 Å². The van der Waals surface area contributed by atoms with Crippen LogP contribution in [0.4, 0.5) is 0 Å². The minimum Gasteiger partial charge on any atom is -0.362 e. The first-order chi connectivity index (χ1) is 9.47. The van der Waals surface area contributed by atoms with Gasteiger partial charge in [0.25, 0.3) is 0 Å². The Labute approximate surface area is 129 Å². The van der Waals surface area contributed by atoms with Gasteiger partial charge in [0.1, 0.15) is 0 Å². The number of likely N-dealkylation sites (N-methyl/N-ethyl adjacent to an activating group) is 1. The van der Waals surface area contributed by atoms with Gasteiger partial charge in [0.2, 0.25) is 0 Å². The van der Waals surface area contributed by atoms with Crippen molar-refractivity contribution in [2.45, 2.75) is 65.0 Å². The van der Waals surface area contributed by atoms with E-state index in [1.54, 1.807) is 0 Å². The van der Waals surface area contributed by atoms with E-state index in [1.165, 1.54) is 37.9 Å². The number of nitrogens with one attached hydrogen (secondary N) is 1. The molecule has 1 aliphatic heterocycles. The average molecular weight is 298 g/mol. The Kier molecular flexibility index (Phi) is 5.79. The second-order valence-electron chi connectivity index (χ2n) is 7.31. The van der Waals surface area contributed by atoms with Crippen molar-refractivity contribution in [3.8, 4) is 0 Å². The molecule has 0 aromatic rings. The molecule has 0 aromatic heterocycles. The number of amidine groups is 1. The van der Waals surface area contributed by atoms with Gasteiger partial charge >= 0.3 is 0 Å². The summed E-state index contributed by atoms with van der Waals surface area (Å²) in [6.45, 7) is 8.96. The SMILES string of the molecule is CN(CCN=C1NC(C(C)(C)C)CCS1)C1CCCC1. The lowest BCUT2D eigenvalue weighted by Crippen LogP contribution is -2.46. The van der Waals surface area contributed by atoms with Crippen LogP contribution in [0.5, 0.6) is 0 Å². The molecule has 2 rings (SSSR count). The van der Waals surface area contributed by atoms with E-state index in [1.807, 2.05) is 11.8 Å². The molecule has 1 unspecified atom stereocenters. The molecule has 1 aliphatic carbocycles. The van der Waals surface area contributed by atoms with E-state index in [4.69, 9.17) is 4.99 Å². The summed E-state index contributed by atoms with van der Waals surface area (Å²) in [7, 11) is 2.26. The monoisotopic (exact) mass is 297 g/mol.